The molecule has 2 atom stereocenters. The molecule has 0 aromatic rings. The van der Waals surface area contributed by atoms with Crippen molar-refractivity contribution in [3.8, 4) is 0 Å². The highest BCUT2D eigenvalue weighted by Crippen LogP contribution is 2.46. The Labute approximate surface area is 120 Å². The molecule has 4 nitrogen and oxygen atoms in total. The molecular weight excluding hydrogens is 254 g/mol. The first-order chi connectivity index (χ1) is 9.46. The molecule has 0 spiro atoms. The molecule has 2 aliphatic rings. The predicted molar refractivity (Wildman–Crippen MR) is 76.7 cm³/mol. The Morgan fingerprint density at radius 3 is 3.00 bits per heavy atom. The second-order valence-electron chi connectivity index (χ2n) is 5.98. The molecule has 20 heavy (non-hydrogen) atoms. The van der Waals surface area contributed by atoms with Gasteiger partial charge in [-0.05, 0) is 44.3 Å². The molecule has 110 valence electrons. The lowest BCUT2D eigenvalue weighted by Gasteiger charge is -2.40. The summed E-state index contributed by atoms with van der Waals surface area (Å²) in [5.74, 6) is 0.0132. The molecule has 1 saturated carbocycles. The van der Waals surface area contributed by atoms with Crippen LogP contribution in [0.15, 0.2) is 23.3 Å². The molecule has 0 unspecified atom stereocenters. The van der Waals surface area contributed by atoms with Crippen molar-refractivity contribution >= 4 is 11.7 Å². The summed E-state index contributed by atoms with van der Waals surface area (Å²) >= 11 is 0. The topological polar surface area (TPSA) is 55.4 Å². The maximum Gasteiger partial charge on any atom is 0.243 e. The molecule has 1 amide bonds. The molecule has 0 radical (unpaired) electrons. The Morgan fingerprint density at radius 2 is 2.30 bits per heavy atom. The number of carbonyl (C=O) groups excluding carboxylic acids is 2. The first-order valence-electron chi connectivity index (χ1n) is 7.34. The van der Waals surface area contributed by atoms with Crippen LogP contribution in [-0.2, 0) is 14.4 Å². The highest BCUT2D eigenvalue weighted by Gasteiger charge is 2.38. The van der Waals surface area contributed by atoms with E-state index >= 15 is 0 Å². The van der Waals surface area contributed by atoms with Crippen LogP contribution in [0, 0.1) is 5.41 Å². The Bertz CT molecular complexity index is 478. The standard InChI is InChI=1S/C16H23NO3/c1-4-5-15(19)17-20-12-6-8-16(3)9-7-14(18)11(2)13(16)10-12/h7,9,12H,4-6,8,10H2,1-3H3,(H,17,19)/t12-,16+/m1/s1. The van der Waals surface area contributed by atoms with E-state index in [9.17, 15) is 9.59 Å². The average Bonchev–Trinajstić information content (AvgIpc) is 2.42. The summed E-state index contributed by atoms with van der Waals surface area (Å²) in [6, 6.07) is 0. The van der Waals surface area contributed by atoms with Gasteiger partial charge in [0.1, 0.15) is 0 Å². The van der Waals surface area contributed by atoms with Gasteiger partial charge in [-0.15, -0.1) is 0 Å². The van der Waals surface area contributed by atoms with E-state index in [1.807, 2.05) is 19.9 Å². The van der Waals surface area contributed by atoms with Crippen molar-refractivity contribution in [2.45, 2.75) is 59.0 Å². The number of fused-ring (bicyclic) bond motifs is 1. The minimum absolute atomic E-state index is 0.0225. The lowest BCUT2D eigenvalue weighted by atomic mass is 9.66. The average molecular weight is 277 g/mol. The van der Waals surface area contributed by atoms with Crippen molar-refractivity contribution < 1.29 is 14.4 Å². The normalized spacial score (nSPS) is 29.4. The summed E-state index contributed by atoms with van der Waals surface area (Å²) in [7, 11) is 0. The number of carbonyl (C=O) groups is 2. The number of ketones is 1. The van der Waals surface area contributed by atoms with Crippen molar-refractivity contribution in [1.29, 1.82) is 0 Å². The van der Waals surface area contributed by atoms with Crippen molar-refractivity contribution in [2.75, 3.05) is 0 Å². The van der Waals surface area contributed by atoms with Gasteiger partial charge in [0.2, 0.25) is 5.91 Å². The van der Waals surface area contributed by atoms with Crippen LogP contribution in [0.25, 0.3) is 0 Å². The van der Waals surface area contributed by atoms with Gasteiger partial charge in [0, 0.05) is 11.8 Å². The maximum atomic E-state index is 11.8. The Morgan fingerprint density at radius 1 is 1.55 bits per heavy atom. The van der Waals surface area contributed by atoms with E-state index in [4.69, 9.17) is 4.84 Å². The number of amides is 1. The van der Waals surface area contributed by atoms with Gasteiger partial charge < -0.3 is 0 Å². The quantitative estimate of drug-likeness (QED) is 0.804. The number of allylic oxidation sites excluding steroid dienone is 3. The van der Waals surface area contributed by atoms with Gasteiger partial charge in [-0.1, -0.05) is 25.5 Å². The summed E-state index contributed by atoms with van der Waals surface area (Å²) in [5, 5.41) is 0. The smallest absolute Gasteiger partial charge is 0.243 e. The van der Waals surface area contributed by atoms with Crippen molar-refractivity contribution in [1.82, 2.24) is 5.48 Å². The first kappa shape index (κ1) is 15.0. The van der Waals surface area contributed by atoms with Gasteiger partial charge in [0.15, 0.2) is 5.78 Å². The van der Waals surface area contributed by atoms with E-state index in [1.54, 1.807) is 6.08 Å². The Balaban J connectivity index is 2.00. The molecule has 1 N–H and O–H groups in total. The number of hydroxylamine groups is 1. The SMILES string of the molecule is CCCC(=O)NO[C@@H]1CC[C@@]2(C)C=CC(=O)C(C)=C2C1. The second-order valence-corrected chi connectivity index (χ2v) is 5.98. The first-order valence-corrected chi connectivity index (χ1v) is 7.34. The summed E-state index contributed by atoms with van der Waals surface area (Å²) in [6.45, 7) is 6.01. The molecule has 0 saturated heterocycles. The lowest BCUT2D eigenvalue weighted by molar-refractivity contribution is -0.140. The van der Waals surface area contributed by atoms with Crippen molar-refractivity contribution in [3.63, 3.8) is 0 Å². The summed E-state index contributed by atoms with van der Waals surface area (Å²) in [5.41, 5.74) is 4.49. The van der Waals surface area contributed by atoms with E-state index in [1.165, 1.54) is 0 Å². The maximum absolute atomic E-state index is 11.8. The van der Waals surface area contributed by atoms with Gasteiger partial charge in [0.25, 0.3) is 0 Å². The molecule has 0 aromatic carbocycles. The minimum atomic E-state index is -0.0776. The van der Waals surface area contributed by atoms with Crippen LogP contribution in [0.4, 0.5) is 0 Å². The van der Waals surface area contributed by atoms with Crippen LogP contribution < -0.4 is 5.48 Å². The fraction of sp³-hybridized carbons (Fsp3) is 0.625. The van der Waals surface area contributed by atoms with E-state index in [0.29, 0.717) is 12.8 Å². The molecule has 0 bridgehead atoms. The van der Waals surface area contributed by atoms with E-state index < -0.39 is 0 Å². The third-order valence-electron chi connectivity index (χ3n) is 4.35. The molecule has 0 aromatic heterocycles. The van der Waals surface area contributed by atoms with Gasteiger partial charge in [-0.3, -0.25) is 14.4 Å². The third-order valence-corrected chi connectivity index (χ3v) is 4.35. The zero-order valence-electron chi connectivity index (χ0n) is 12.5. The fourth-order valence-corrected chi connectivity index (χ4v) is 3.00. The molecule has 2 aliphatic carbocycles. The second kappa shape index (κ2) is 5.92. The number of nitrogens with one attached hydrogen (secondary N) is 1. The molecule has 0 aliphatic heterocycles. The predicted octanol–water partition coefficient (Wildman–Crippen LogP) is 2.85. The largest absolute Gasteiger partial charge is 0.290 e. The fourth-order valence-electron chi connectivity index (χ4n) is 3.00. The molecule has 2 rings (SSSR count). The van der Waals surface area contributed by atoms with E-state index in [2.05, 4.69) is 12.4 Å². The van der Waals surface area contributed by atoms with Crippen molar-refractivity contribution in [2.24, 2.45) is 5.41 Å². The lowest BCUT2D eigenvalue weighted by Crippen LogP contribution is -2.37. The number of hydrogen-bond acceptors (Lipinski definition) is 3. The van der Waals surface area contributed by atoms with Crippen LogP contribution in [0.1, 0.15) is 52.9 Å². The van der Waals surface area contributed by atoms with Crippen LogP contribution in [-0.4, -0.2) is 17.8 Å². The van der Waals surface area contributed by atoms with Crippen LogP contribution >= 0.6 is 0 Å². The summed E-state index contributed by atoms with van der Waals surface area (Å²) in [6.07, 6.45) is 7.50. The Kier molecular flexibility index (Phi) is 4.43. The Hall–Kier alpha value is -1.42. The summed E-state index contributed by atoms with van der Waals surface area (Å²) in [4.78, 5) is 28.7. The highest BCUT2D eigenvalue weighted by atomic mass is 16.7. The number of rotatable bonds is 4. The third kappa shape index (κ3) is 3.01. The minimum Gasteiger partial charge on any atom is -0.290 e. The summed E-state index contributed by atoms with van der Waals surface area (Å²) < 4.78 is 0. The van der Waals surface area contributed by atoms with Crippen LogP contribution in [0.3, 0.4) is 0 Å². The van der Waals surface area contributed by atoms with E-state index in [-0.39, 0.29) is 23.2 Å². The van der Waals surface area contributed by atoms with Crippen LogP contribution in [0.5, 0.6) is 0 Å². The zero-order valence-corrected chi connectivity index (χ0v) is 12.5. The molecule has 0 heterocycles. The highest BCUT2D eigenvalue weighted by molar-refractivity contribution is 6.05. The van der Waals surface area contributed by atoms with Gasteiger partial charge in [-0.2, -0.15) is 0 Å². The molecular formula is C16H23NO3. The van der Waals surface area contributed by atoms with E-state index in [0.717, 1.165) is 30.4 Å². The monoisotopic (exact) mass is 277 g/mol. The van der Waals surface area contributed by atoms with Gasteiger partial charge >= 0.3 is 0 Å². The zero-order chi connectivity index (χ0) is 14.8. The molecule has 1 fully saturated rings. The van der Waals surface area contributed by atoms with Gasteiger partial charge in [-0.25, -0.2) is 5.48 Å². The number of hydrogen-bond donors (Lipinski definition) is 1. The van der Waals surface area contributed by atoms with Crippen LogP contribution in [0.2, 0.25) is 0 Å². The van der Waals surface area contributed by atoms with Crippen molar-refractivity contribution in [3.05, 3.63) is 23.3 Å². The molecule has 4 heteroatoms. The van der Waals surface area contributed by atoms with Gasteiger partial charge in [0.05, 0.1) is 6.10 Å².